The number of nitrogens with zero attached hydrogens (tertiary/aromatic N) is 1. The number of carbonyl (C=O) groups excluding carboxylic acids is 1. The maximum Gasteiger partial charge on any atom is 0.410 e. The molecular weight excluding hydrogens is 236 g/mol. The molecule has 0 atom stereocenters. The third-order valence-electron chi connectivity index (χ3n) is 2.82. The third-order valence-corrected chi connectivity index (χ3v) is 4.60. The highest BCUT2D eigenvalue weighted by molar-refractivity contribution is 8.01. The van der Waals surface area contributed by atoms with Crippen molar-refractivity contribution < 1.29 is 9.53 Å². The lowest BCUT2D eigenvalue weighted by atomic mass is 10.0. The Balaban J connectivity index is 1.85. The minimum absolute atomic E-state index is 0.0698. The maximum atomic E-state index is 11.8. The summed E-state index contributed by atoms with van der Waals surface area (Å²) >= 11 is 1.92. The molecular formula is C12H22N2O2S. The third kappa shape index (κ3) is 2.88. The van der Waals surface area contributed by atoms with E-state index in [9.17, 15) is 4.79 Å². The molecule has 0 bridgehead atoms. The Morgan fingerprint density at radius 1 is 1.35 bits per heavy atom. The second kappa shape index (κ2) is 3.79. The number of hydrogen-bond donors (Lipinski definition) is 1. The average Bonchev–Trinajstić information content (AvgIpc) is 2.36. The van der Waals surface area contributed by atoms with Crippen molar-refractivity contribution in [2.24, 2.45) is 0 Å². The highest BCUT2D eigenvalue weighted by Crippen LogP contribution is 2.42. The second-order valence-electron chi connectivity index (χ2n) is 6.63. The largest absolute Gasteiger partial charge is 0.444 e. The smallest absolute Gasteiger partial charge is 0.410 e. The fraction of sp³-hybridized carbons (Fsp3) is 0.917. The van der Waals surface area contributed by atoms with Crippen LogP contribution in [0.1, 0.15) is 34.6 Å². The van der Waals surface area contributed by atoms with E-state index in [1.54, 1.807) is 4.90 Å². The number of nitrogens with one attached hydrogen (secondary N) is 1. The van der Waals surface area contributed by atoms with Gasteiger partial charge in [-0.15, -0.1) is 11.8 Å². The van der Waals surface area contributed by atoms with Gasteiger partial charge < -0.3 is 9.64 Å². The van der Waals surface area contributed by atoms with E-state index >= 15 is 0 Å². The first kappa shape index (κ1) is 13.0. The Morgan fingerprint density at radius 2 is 1.94 bits per heavy atom. The molecule has 0 aliphatic carbocycles. The first-order valence-electron chi connectivity index (χ1n) is 6.02. The van der Waals surface area contributed by atoms with Crippen LogP contribution in [0.2, 0.25) is 0 Å². The molecule has 2 heterocycles. The number of thioether (sulfide) groups is 1. The summed E-state index contributed by atoms with van der Waals surface area (Å²) in [6, 6.07) is 0. The van der Waals surface area contributed by atoms with Crippen LogP contribution in [0.25, 0.3) is 0 Å². The van der Waals surface area contributed by atoms with Crippen molar-refractivity contribution in [3.63, 3.8) is 0 Å². The Bertz CT molecular complexity index is 330. The molecule has 0 aromatic rings. The van der Waals surface area contributed by atoms with Crippen molar-refractivity contribution in [2.45, 2.75) is 50.6 Å². The van der Waals surface area contributed by atoms with E-state index in [1.807, 2.05) is 32.5 Å². The molecule has 1 amide bonds. The molecule has 1 spiro atoms. The van der Waals surface area contributed by atoms with Crippen LogP contribution in [0.15, 0.2) is 0 Å². The zero-order valence-electron chi connectivity index (χ0n) is 11.3. The molecule has 98 valence electrons. The van der Waals surface area contributed by atoms with Crippen LogP contribution in [-0.4, -0.2) is 45.8 Å². The van der Waals surface area contributed by atoms with Crippen LogP contribution in [0.5, 0.6) is 0 Å². The summed E-state index contributed by atoms with van der Waals surface area (Å²) in [5.41, 5.74) is -0.236. The van der Waals surface area contributed by atoms with E-state index in [1.165, 1.54) is 0 Å². The van der Waals surface area contributed by atoms with Crippen molar-refractivity contribution in [1.82, 2.24) is 10.2 Å². The van der Waals surface area contributed by atoms with Crippen molar-refractivity contribution in [2.75, 3.05) is 18.8 Å². The van der Waals surface area contributed by atoms with E-state index in [-0.39, 0.29) is 16.5 Å². The first-order chi connectivity index (χ1) is 7.61. The molecule has 1 N–H and O–H groups in total. The number of rotatable bonds is 0. The Morgan fingerprint density at radius 3 is 2.35 bits per heavy atom. The first-order valence-corrected chi connectivity index (χ1v) is 7.01. The summed E-state index contributed by atoms with van der Waals surface area (Å²) in [5.74, 6) is 1.09. The number of likely N-dealkylation sites (tertiary alicyclic amines) is 1. The van der Waals surface area contributed by atoms with Gasteiger partial charge in [0.05, 0.1) is 13.1 Å². The molecule has 0 saturated carbocycles. The van der Waals surface area contributed by atoms with Crippen molar-refractivity contribution >= 4 is 17.9 Å². The molecule has 4 nitrogen and oxygen atoms in total. The molecule has 2 fully saturated rings. The molecule has 0 radical (unpaired) electrons. The van der Waals surface area contributed by atoms with Gasteiger partial charge in [-0.25, -0.2) is 4.79 Å². The summed E-state index contributed by atoms with van der Waals surface area (Å²) < 4.78 is 5.35. The fourth-order valence-electron chi connectivity index (χ4n) is 2.20. The van der Waals surface area contributed by atoms with Gasteiger partial charge in [0.1, 0.15) is 10.5 Å². The predicted molar refractivity (Wildman–Crippen MR) is 70.2 cm³/mol. The van der Waals surface area contributed by atoms with Gasteiger partial charge in [0.25, 0.3) is 0 Å². The monoisotopic (exact) mass is 258 g/mol. The van der Waals surface area contributed by atoms with Crippen LogP contribution < -0.4 is 5.32 Å². The Hall–Kier alpha value is -0.420. The Kier molecular flexibility index (Phi) is 2.90. The van der Waals surface area contributed by atoms with Gasteiger partial charge in [-0.1, -0.05) is 0 Å². The lowest BCUT2D eigenvalue weighted by Crippen LogP contribution is -2.68. The minimum atomic E-state index is -0.407. The lowest BCUT2D eigenvalue weighted by molar-refractivity contribution is -0.000664. The normalized spacial score (nSPS) is 25.8. The van der Waals surface area contributed by atoms with Gasteiger partial charge in [0, 0.05) is 11.3 Å². The fourth-order valence-corrected chi connectivity index (χ4v) is 3.76. The number of carbonyl (C=O) groups is 1. The van der Waals surface area contributed by atoms with E-state index in [0.717, 1.165) is 18.8 Å². The molecule has 5 heteroatoms. The van der Waals surface area contributed by atoms with E-state index in [2.05, 4.69) is 19.2 Å². The molecule has 0 unspecified atom stereocenters. The summed E-state index contributed by atoms with van der Waals surface area (Å²) in [4.78, 5) is 13.6. The quantitative estimate of drug-likeness (QED) is 0.722. The van der Waals surface area contributed by atoms with Crippen LogP contribution in [0.4, 0.5) is 4.79 Å². The molecule has 2 aliphatic rings. The number of hydrogen-bond acceptors (Lipinski definition) is 4. The SMILES string of the molecule is CC1(C)CSC2(CN(C(=O)OC(C)(C)C)C2)N1. The number of ether oxygens (including phenoxy) is 1. The van der Waals surface area contributed by atoms with Crippen LogP contribution in [0.3, 0.4) is 0 Å². The minimum Gasteiger partial charge on any atom is -0.444 e. The van der Waals surface area contributed by atoms with E-state index in [4.69, 9.17) is 4.74 Å². The topological polar surface area (TPSA) is 41.6 Å². The van der Waals surface area contributed by atoms with Gasteiger partial charge in [-0.2, -0.15) is 0 Å². The number of amides is 1. The Labute approximate surface area is 107 Å². The van der Waals surface area contributed by atoms with E-state index < -0.39 is 5.60 Å². The van der Waals surface area contributed by atoms with Crippen LogP contribution >= 0.6 is 11.8 Å². The van der Waals surface area contributed by atoms with Gasteiger partial charge >= 0.3 is 6.09 Å². The van der Waals surface area contributed by atoms with Crippen LogP contribution in [-0.2, 0) is 4.74 Å². The van der Waals surface area contributed by atoms with Crippen molar-refractivity contribution in [3.8, 4) is 0 Å². The summed E-state index contributed by atoms with van der Waals surface area (Å²) in [7, 11) is 0. The summed E-state index contributed by atoms with van der Waals surface area (Å²) in [6.07, 6.45) is -0.199. The average molecular weight is 258 g/mol. The molecule has 2 rings (SSSR count). The van der Waals surface area contributed by atoms with Gasteiger partial charge in [0.15, 0.2) is 0 Å². The van der Waals surface area contributed by atoms with Crippen LogP contribution in [0, 0.1) is 0 Å². The lowest BCUT2D eigenvalue weighted by Gasteiger charge is -2.48. The molecule has 17 heavy (non-hydrogen) atoms. The molecule has 2 aliphatic heterocycles. The predicted octanol–water partition coefficient (Wildman–Crippen LogP) is 2.05. The standard InChI is InChI=1S/C12H22N2O2S/c1-10(2,3)16-9(15)14-6-12(7-14)13-11(4,5)8-17-12/h13H,6-8H2,1-5H3. The van der Waals surface area contributed by atoms with Gasteiger partial charge in [-0.05, 0) is 34.6 Å². The maximum absolute atomic E-state index is 11.8. The summed E-state index contributed by atoms with van der Waals surface area (Å²) in [6.45, 7) is 11.6. The van der Waals surface area contributed by atoms with Gasteiger partial charge in [-0.3, -0.25) is 5.32 Å². The highest BCUT2D eigenvalue weighted by Gasteiger charge is 2.53. The zero-order valence-corrected chi connectivity index (χ0v) is 12.1. The second-order valence-corrected chi connectivity index (χ2v) is 7.99. The van der Waals surface area contributed by atoms with Crippen molar-refractivity contribution in [3.05, 3.63) is 0 Å². The van der Waals surface area contributed by atoms with Crippen molar-refractivity contribution in [1.29, 1.82) is 0 Å². The molecule has 0 aromatic carbocycles. The molecule has 2 saturated heterocycles. The zero-order chi connectivity index (χ0) is 12.9. The highest BCUT2D eigenvalue weighted by atomic mass is 32.2. The van der Waals surface area contributed by atoms with Gasteiger partial charge in [0.2, 0.25) is 0 Å². The summed E-state index contributed by atoms with van der Waals surface area (Å²) in [5, 5.41) is 3.60. The molecule has 0 aromatic heterocycles. The van der Waals surface area contributed by atoms with E-state index in [0.29, 0.717) is 0 Å².